The van der Waals surface area contributed by atoms with E-state index in [-0.39, 0.29) is 11.7 Å². The number of aromatic nitrogens is 1. The molecule has 0 bridgehead atoms. The van der Waals surface area contributed by atoms with Crippen LogP contribution in [0.1, 0.15) is 22.6 Å². The predicted octanol–water partition coefficient (Wildman–Crippen LogP) is 6.07. The Bertz CT molecular complexity index is 940. The summed E-state index contributed by atoms with van der Waals surface area (Å²) < 4.78 is 13.2. The highest BCUT2D eigenvalue weighted by atomic mass is 19.1. The van der Waals surface area contributed by atoms with Crippen molar-refractivity contribution in [3.05, 3.63) is 126 Å². The molecule has 0 aliphatic carbocycles. The highest BCUT2D eigenvalue weighted by Crippen LogP contribution is 2.33. The van der Waals surface area contributed by atoms with E-state index in [1.165, 1.54) is 23.3 Å². The van der Waals surface area contributed by atoms with Crippen molar-refractivity contribution >= 4 is 0 Å². The minimum Gasteiger partial charge on any atom is -0.256 e. The Morgan fingerprint density at radius 2 is 1.19 bits per heavy atom. The molecule has 1 heterocycles. The molecule has 4 rings (SSSR count). The van der Waals surface area contributed by atoms with Crippen LogP contribution in [0.25, 0.3) is 11.3 Å². The monoisotopic (exact) mass is 339 g/mol. The third-order valence-corrected chi connectivity index (χ3v) is 4.52. The van der Waals surface area contributed by atoms with Crippen LogP contribution in [0.15, 0.2) is 103 Å². The summed E-state index contributed by atoms with van der Waals surface area (Å²) in [6, 6.07) is 31.5. The zero-order chi connectivity index (χ0) is 17.8. The van der Waals surface area contributed by atoms with Gasteiger partial charge >= 0.3 is 0 Å². The van der Waals surface area contributed by atoms with E-state index in [9.17, 15) is 4.39 Å². The molecule has 0 saturated heterocycles. The zero-order valence-corrected chi connectivity index (χ0v) is 14.2. The molecule has 0 saturated carbocycles. The number of benzene rings is 3. The summed E-state index contributed by atoms with van der Waals surface area (Å²) in [5.41, 5.74) is 5.38. The minimum absolute atomic E-state index is 0.125. The summed E-state index contributed by atoms with van der Waals surface area (Å²) in [4.78, 5) is 4.49. The van der Waals surface area contributed by atoms with Crippen LogP contribution >= 0.6 is 0 Å². The van der Waals surface area contributed by atoms with Gasteiger partial charge in [-0.15, -0.1) is 0 Å². The summed E-state index contributed by atoms with van der Waals surface area (Å²) in [6.45, 7) is 0. The number of pyridine rings is 1. The molecule has 0 aliphatic heterocycles. The van der Waals surface area contributed by atoms with Gasteiger partial charge in [0.1, 0.15) is 5.82 Å². The third kappa shape index (κ3) is 3.40. The maximum atomic E-state index is 13.2. The minimum atomic E-state index is -0.239. The number of rotatable bonds is 4. The number of hydrogen-bond acceptors (Lipinski definition) is 1. The first-order chi connectivity index (χ1) is 12.8. The van der Waals surface area contributed by atoms with Gasteiger partial charge in [0.05, 0.1) is 5.69 Å². The molecule has 0 aliphatic rings. The molecule has 0 amide bonds. The molecule has 4 aromatic rings. The smallest absolute Gasteiger partial charge is 0.123 e. The molecule has 2 heteroatoms. The van der Waals surface area contributed by atoms with E-state index >= 15 is 0 Å². The lowest BCUT2D eigenvalue weighted by molar-refractivity contribution is 0.628. The highest BCUT2D eigenvalue weighted by molar-refractivity contribution is 5.60. The van der Waals surface area contributed by atoms with Gasteiger partial charge in [0.2, 0.25) is 0 Å². The lowest BCUT2D eigenvalue weighted by Crippen LogP contribution is -2.04. The van der Waals surface area contributed by atoms with Gasteiger partial charge in [-0.3, -0.25) is 4.98 Å². The largest absolute Gasteiger partial charge is 0.256 e. The second kappa shape index (κ2) is 7.32. The fourth-order valence-electron chi connectivity index (χ4n) is 3.27. The Morgan fingerprint density at radius 1 is 0.615 bits per heavy atom. The summed E-state index contributed by atoms with van der Waals surface area (Å²) in [5.74, 6) is -0.115. The number of halogens is 1. The van der Waals surface area contributed by atoms with E-state index < -0.39 is 0 Å². The van der Waals surface area contributed by atoms with Crippen LogP contribution in [-0.4, -0.2) is 4.98 Å². The fraction of sp³-hybridized carbons (Fsp3) is 0.0417. The molecule has 0 fully saturated rings. The van der Waals surface area contributed by atoms with Crippen molar-refractivity contribution in [3.63, 3.8) is 0 Å². The lowest BCUT2D eigenvalue weighted by Gasteiger charge is -2.19. The first-order valence-electron chi connectivity index (χ1n) is 8.63. The molecule has 0 N–H and O–H groups in total. The topological polar surface area (TPSA) is 12.9 Å². The maximum absolute atomic E-state index is 13.2. The second-order valence-electron chi connectivity index (χ2n) is 6.24. The zero-order valence-electron chi connectivity index (χ0n) is 14.2. The van der Waals surface area contributed by atoms with Gasteiger partial charge < -0.3 is 0 Å². The second-order valence-corrected chi connectivity index (χ2v) is 6.24. The van der Waals surface area contributed by atoms with Crippen LogP contribution in [0.4, 0.5) is 4.39 Å². The molecule has 0 atom stereocenters. The van der Waals surface area contributed by atoms with E-state index in [2.05, 4.69) is 65.6 Å². The fourth-order valence-corrected chi connectivity index (χ4v) is 3.27. The van der Waals surface area contributed by atoms with E-state index in [1.807, 2.05) is 18.3 Å². The Labute approximate surface area is 152 Å². The first-order valence-corrected chi connectivity index (χ1v) is 8.63. The normalized spacial score (nSPS) is 10.8. The average Bonchev–Trinajstić information content (AvgIpc) is 2.71. The highest BCUT2D eigenvalue weighted by Gasteiger charge is 2.17. The van der Waals surface area contributed by atoms with Crippen LogP contribution < -0.4 is 0 Å². The van der Waals surface area contributed by atoms with E-state index in [4.69, 9.17) is 0 Å². The van der Waals surface area contributed by atoms with Crippen LogP contribution in [0.2, 0.25) is 0 Å². The van der Waals surface area contributed by atoms with Crippen LogP contribution in [-0.2, 0) is 0 Å². The van der Waals surface area contributed by atoms with Gasteiger partial charge in [0.25, 0.3) is 0 Å². The lowest BCUT2D eigenvalue weighted by atomic mass is 9.85. The third-order valence-electron chi connectivity index (χ3n) is 4.52. The number of hydrogen-bond donors (Lipinski definition) is 0. The van der Waals surface area contributed by atoms with Crippen molar-refractivity contribution in [2.75, 3.05) is 0 Å². The van der Waals surface area contributed by atoms with Crippen molar-refractivity contribution < 1.29 is 4.39 Å². The van der Waals surface area contributed by atoms with E-state index in [0.717, 1.165) is 16.8 Å². The van der Waals surface area contributed by atoms with E-state index in [1.54, 1.807) is 12.1 Å². The van der Waals surface area contributed by atoms with Gasteiger partial charge in [0, 0.05) is 17.7 Å². The first kappa shape index (κ1) is 16.2. The van der Waals surface area contributed by atoms with Crippen molar-refractivity contribution in [2.45, 2.75) is 5.92 Å². The van der Waals surface area contributed by atoms with Crippen LogP contribution in [0, 0.1) is 5.82 Å². The van der Waals surface area contributed by atoms with Crippen molar-refractivity contribution in [1.82, 2.24) is 4.98 Å². The summed E-state index contributed by atoms with van der Waals surface area (Å²) in [7, 11) is 0. The van der Waals surface area contributed by atoms with Gasteiger partial charge in [-0.1, -0.05) is 60.7 Å². The molecule has 126 valence electrons. The van der Waals surface area contributed by atoms with Gasteiger partial charge in [-0.05, 0) is 53.1 Å². The van der Waals surface area contributed by atoms with Crippen LogP contribution in [0.3, 0.4) is 0 Å². The van der Waals surface area contributed by atoms with Crippen molar-refractivity contribution in [2.24, 2.45) is 0 Å². The molecule has 1 nitrogen and oxygen atoms in total. The van der Waals surface area contributed by atoms with Crippen LogP contribution in [0.5, 0.6) is 0 Å². The molecule has 0 radical (unpaired) electrons. The molecule has 0 spiro atoms. The molecule has 1 aromatic heterocycles. The van der Waals surface area contributed by atoms with Gasteiger partial charge in [-0.2, -0.15) is 0 Å². The van der Waals surface area contributed by atoms with Crippen molar-refractivity contribution in [3.8, 4) is 11.3 Å². The molecule has 26 heavy (non-hydrogen) atoms. The Kier molecular flexibility index (Phi) is 4.57. The van der Waals surface area contributed by atoms with Gasteiger partial charge in [-0.25, -0.2) is 4.39 Å². The summed E-state index contributed by atoms with van der Waals surface area (Å²) >= 11 is 0. The standard InChI is InChI=1S/C24H18FN/c25-22-13-11-18(12-14-22)23-17-21(15-16-26-23)24(19-7-3-1-4-8-19)20-9-5-2-6-10-20/h1-17,24H. The maximum Gasteiger partial charge on any atom is 0.123 e. The van der Waals surface area contributed by atoms with Gasteiger partial charge in [0.15, 0.2) is 0 Å². The number of nitrogens with zero attached hydrogens (tertiary/aromatic N) is 1. The Hall–Kier alpha value is -3.26. The summed E-state index contributed by atoms with van der Waals surface area (Å²) in [5, 5.41) is 0. The quantitative estimate of drug-likeness (QED) is 0.440. The molecule has 3 aromatic carbocycles. The summed E-state index contributed by atoms with van der Waals surface area (Å²) in [6.07, 6.45) is 1.83. The average molecular weight is 339 g/mol. The molecular weight excluding hydrogens is 321 g/mol. The SMILES string of the molecule is Fc1ccc(-c2cc(C(c3ccccc3)c3ccccc3)ccn2)cc1. The Balaban J connectivity index is 1.82. The molecule has 0 unspecified atom stereocenters. The molecular formula is C24H18FN. The Morgan fingerprint density at radius 3 is 1.77 bits per heavy atom. The predicted molar refractivity (Wildman–Crippen MR) is 103 cm³/mol. The van der Waals surface area contributed by atoms with Crippen molar-refractivity contribution in [1.29, 1.82) is 0 Å². The van der Waals surface area contributed by atoms with E-state index in [0.29, 0.717) is 0 Å².